The summed E-state index contributed by atoms with van der Waals surface area (Å²) < 4.78 is 0. The Bertz CT molecular complexity index is 714. The third-order valence-corrected chi connectivity index (χ3v) is 6.50. The van der Waals surface area contributed by atoms with E-state index in [1.54, 1.807) is 6.08 Å². The molecule has 5 heteroatoms. The third-order valence-electron chi connectivity index (χ3n) is 6.50. The first-order valence-electron chi connectivity index (χ1n) is 12.1. The van der Waals surface area contributed by atoms with Gasteiger partial charge in [0.15, 0.2) is 0 Å². The molecule has 0 aliphatic heterocycles. The van der Waals surface area contributed by atoms with Gasteiger partial charge in [0.25, 0.3) is 0 Å². The van der Waals surface area contributed by atoms with Crippen LogP contribution in [-0.4, -0.2) is 57.5 Å². The minimum absolute atomic E-state index is 0.0591. The van der Waals surface area contributed by atoms with Crippen molar-refractivity contribution in [2.24, 2.45) is 11.8 Å². The number of allylic oxidation sites excluding steroid dienone is 2. The maximum atomic E-state index is 12.0. The number of benzene rings is 1. The van der Waals surface area contributed by atoms with Crippen LogP contribution in [0.2, 0.25) is 0 Å². The summed E-state index contributed by atoms with van der Waals surface area (Å²) in [5.74, 6) is -0.0184. The van der Waals surface area contributed by atoms with Gasteiger partial charge in [-0.25, -0.2) is 0 Å². The quantitative estimate of drug-likeness (QED) is 0.319. The lowest BCUT2D eigenvalue weighted by Gasteiger charge is -2.20. The molecule has 1 aromatic rings. The van der Waals surface area contributed by atoms with E-state index in [4.69, 9.17) is 0 Å². The number of aliphatic hydroxyl groups is 3. The Labute approximate surface area is 193 Å². The number of aliphatic hydroxyl groups excluding tert-OH is 3. The normalized spacial score (nSPS) is 24.4. The van der Waals surface area contributed by atoms with E-state index < -0.39 is 18.3 Å². The van der Waals surface area contributed by atoms with Crippen LogP contribution in [0.4, 0.5) is 0 Å². The number of amides is 1. The van der Waals surface area contributed by atoms with Gasteiger partial charge in [-0.2, -0.15) is 0 Å². The number of rotatable bonds is 13. The van der Waals surface area contributed by atoms with Gasteiger partial charge in [-0.1, -0.05) is 54.6 Å². The molecule has 0 heterocycles. The van der Waals surface area contributed by atoms with Crippen molar-refractivity contribution in [3.8, 4) is 0 Å². The fourth-order valence-corrected chi connectivity index (χ4v) is 4.50. The molecule has 0 unspecified atom stereocenters. The highest BCUT2D eigenvalue weighted by Crippen LogP contribution is 2.36. The summed E-state index contributed by atoms with van der Waals surface area (Å²) in [6.45, 7) is 5.50. The molecule has 0 bridgehead atoms. The molecule has 5 atom stereocenters. The largest absolute Gasteiger partial charge is 0.393 e. The van der Waals surface area contributed by atoms with Gasteiger partial charge < -0.3 is 20.2 Å². The van der Waals surface area contributed by atoms with Gasteiger partial charge in [-0.3, -0.25) is 4.79 Å². The molecule has 1 fully saturated rings. The van der Waals surface area contributed by atoms with Crippen LogP contribution in [0.3, 0.4) is 0 Å². The van der Waals surface area contributed by atoms with Crippen LogP contribution in [0.25, 0.3) is 0 Å². The number of carbonyl (C=O) groups excluding carboxylic acids is 1. The minimum Gasteiger partial charge on any atom is -0.393 e. The van der Waals surface area contributed by atoms with E-state index >= 15 is 0 Å². The Morgan fingerprint density at radius 1 is 1.12 bits per heavy atom. The van der Waals surface area contributed by atoms with Crippen LogP contribution >= 0.6 is 0 Å². The number of nitrogens with zero attached hydrogens (tertiary/aromatic N) is 1. The number of carbonyl (C=O) groups is 1. The summed E-state index contributed by atoms with van der Waals surface area (Å²) in [6.07, 6.45) is 10.8. The average molecular weight is 444 g/mol. The fourth-order valence-electron chi connectivity index (χ4n) is 4.50. The second-order valence-electron chi connectivity index (χ2n) is 8.75. The molecular formula is C27H41NO4. The van der Waals surface area contributed by atoms with Crippen molar-refractivity contribution in [2.75, 3.05) is 13.1 Å². The SMILES string of the molecule is CCN(CC)C(=O)CCC/C=C\C[C@@H]1[C@@H](/C=C/[C@@H](O)CCc2ccccc2)[C@H](O)C[C@@H]1O. The first-order valence-corrected chi connectivity index (χ1v) is 12.1. The highest BCUT2D eigenvalue weighted by molar-refractivity contribution is 5.76. The van der Waals surface area contributed by atoms with Gasteiger partial charge in [-0.05, 0) is 57.4 Å². The van der Waals surface area contributed by atoms with Crippen molar-refractivity contribution in [2.45, 2.75) is 77.1 Å². The number of hydrogen-bond donors (Lipinski definition) is 3. The lowest BCUT2D eigenvalue weighted by atomic mass is 9.89. The zero-order valence-corrected chi connectivity index (χ0v) is 19.6. The van der Waals surface area contributed by atoms with Crippen molar-refractivity contribution < 1.29 is 20.1 Å². The van der Waals surface area contributed by atoms with Crippen LogP contribution < -0.4 is 0 Å². The van der Waals surface area contributed by atoms with Crippen LogP contribution in [0.15, 0.2) is 54.6 Å². The summed E-state index contributed by atoms with van der Waals surface area (Å²) in [5.41, 5.74) is 1.19. The molecule has 1 aliphatic carbocycles. The van der Waals surface area contributed by atoms with Crippen molar-refractivity contribution in [1.82, 2.24) is 4.90 Å². The van der Waals surface area contributed by atoms with Gasteiger partial charge in [0.2, 0.25) is 5.91 Å². The van der Waals surface area contributed by atoms with E-state index in [0.717, 1.165) is 32.4 Å². The Morgan fingerprint density at radius 3 is 2.53 bits per heavy atom. The first-order chi connectivity index (χ1) is 15.5. The Balaban J connectivity index is 1.77. The lowest BCUT2D eigenvalue weighted by Crippen LogP contribution is -2.30. The molecule has 2 rings (SSSR count). The summed E-state index contributed by atoms with van der Waals surface area (Å²) in [7, 11) is 0. The van der Waals surface area contributed by atoms with Gasteiger partial charge >= 0.3 is 0 Å². The van der Waals surface area contributed by atoms with Crippen LogP contribution in [0.1, 0.15) is 57.9 Å². The molecule has 3 N–H and O–H groups in total. The van der Waals surface area contributed by atoms with Crippen molar-refractivity contribution in [3.63, 3.8) is 0 Å². The number of aryl methyl sites for hydroxylation is 1. The highest BCUT2D eigenvalue weighted by atomic mass is 16.3. The maximum absolute atomic E-state index is 12.0. The maximum Gasteiger partial charge on any atom is 0.222 e. The number of hydrogen-bond acceptors (Lipinski definition) is 4. The van der Waals surface area contributed by atoms with Crippen LogP contribution in [0, 0.1) is 11.8 Å². The Kier molecular flexibility index (Phi) is 11.7. The fraction of sp³-hybridized carbons (Fsp3) is 0.593. The molecule has 0 saturated heterocycles. The molecule has 0 radical (unpaired) electrons. The summed E-state index contributed by atoms with van der Waals surface area (Å²) in [6, 6.07) is 10.1. The topological polar surface area (TPSA) is 81.0 Å². The second kappa shape index (κ2) is 14.2. The van der Waals surface area contributed by atoms with Crippen LogP contribution in [0.5, 0.6) is 0 Å². The molecular weight excluding hydrogens is 402 g/mol. The van der Waals surface area contributed by atoms with E-state index in [-0.39, 0.29) is 17.7 Å². The zero-order valence-electron chi connectivity index (χ0n) is 19.6. The number of unbranched alkanes of at least 4 members (excludes halogenated alkanes) is 1. The van der Waals surface area contributed by atoms with Gasteiger partial charge in [-0.15, -0.1) is 0 Å². The third kappa shape index (κ3) is 8.53. The Morgan fingerprint density at radius 2 is 1.84 bits per heavy atom. The van der Waals surface area contributed by atoms with Gasteiger partial charge in [0, 0.05) is 31.8 Å². The average Bonchev–Trinajstić information content (AvgIpc) is 3.06. The molecule has 5 nitrogen and oxygen atoms in total. The van der Waals surface area contributed by atoms with Crippen molar-refractivity contribution in [3.05, 3.63) is 60.2 Å². The van der Waals surface area contributed by atoms with E-state index in [9.17, 15) is 20.1 Å². The molecule has 1 aliphatic rings. The smallest absolute Gasteiger partial charge is 0.222 e. The molecule has 1 saturated carbocycles. The van der Waals surface area contributed by atoms with Crippen molar-refractivity contribution >= 4 is 5.91 Å². The summed E-state index contributed by atoms with van der Waals surface area (Å²) in [5, 5.41) is 31.1. The molecule has 1 aromatic carbocycles. The van der Waals surface area contributed by atoms with Gasteiger partial charge in [0.05, 0.1) is 18.3 Å². The van der Waals surface area contributed by atoms with Gasteiger partial charge in [0.1, 0.15) is 0 Å². The molecule has 1 amide bonds. The van der Waals surface area contributed by atoms with Crippen LogP contribution in [-0.2, 0) is 11.2 Å². The standard InChI is InChI=1S/C27H41NO4/c1-3-28(4-2)27(32)15-11-6-5-10-14-23-24(26(31)20-25(23)30)19-18-22(29)17-16-21-12-8-7-9-13-21/h5,7-10,12-13,18-19,22-26,29-31H,3-4,6,11,14-17,20H2,1-2H3/b10-5-,19-18+/t22-,23+,24+,25-,26+/m0/s1. The van der Waals surface area contributed by atoms with E-state index in [1.807, 2.05) is 43.0 Å². The molecule has 0 spiro atoms. The van der Waals surface area contributed by atoms with E-state index in [0.29, 0.717) is 25.7 Å². The predicted octanol–water partition coefficient (Wildman–Crippen LogP) is 3.88. The molecule has 32 heavy (non-hydrogen) atoms. The lowest BCUT2D eigenvalue weighted by molar-refractivity contribution is -0.130. The second-order valence-corrected chi connectivity index (χ2v) is 8.75. The zero-order chi connectivity index (χ0) is 23.3. The van der Waals surface area contributed by atoms with E-state index in [2.05, 4.69) is 24.3 Å². The van der Waals surface area contributed by atoms with Crippen molar-refractivity contribution in [1.29, 1.82) is 0 Å². The molecule has 178 valence electrons. The summed E-state index contributed by atoms with van der Waals surface area (Å²) >= 11 is 0. The summed E-state index contributed by atoms with van der Waals surface area (Å²) in [4.78, 5) is 13.9. The monoisotopic (exact) mass is 443 g/mol. The minimum atomic E-state index is -0.590. The first kappa shape index (κ1) is 26.3. The molecule has 0 aromatic heterocycles. The predicted molar refractivity (Wildman–Crippen MR) is 129 cm³/mol. The highest BCUT2D eigenvalue weighted by Gasteiger charge is 2.39. The Hall–Kier alpha value is -1.95. The van der Waals surface area contributed by atoms with E-state index in [1.165, 1.54) is 5.56 Å².